The van der Waals surface area contributed by atoms with Crippen molar-refractivity contribution in [3.05, 3.63) is 62.8 Å². The monoisotopic (exact) mass is 291 g/mol. The first-order chi connectivity index (χ1) is 9.58. The van der Waals surface area contributed by atoms with E-state index < -0.39 is 4.92 Å². The average molecular weight is 292 g/mol. The average Bonchev–Trinajstić information content (AvgIpc) is 2.40. The Bertz CT molecular complexity index is 614. The van der Waals surface area contributed by atoms with Crippen LogP contribution in [0, 0.1) is 17.0 Å². The van der Waals surface area contributed by atoms with Crippen molar-refractivity contribution in [3.63, 3.8) is 0 Å². The SMILES string of the molecule is Cc1ccnc(NCCc2ccc(Cl)cc2)c1[N+](=O)[O-]. The quantitative estimate of drug-likeness (QED) is 0.675. The molecule has 0 amide bonds. The van der Waals surface area contributed by atoms with E-state index in [-0.39, 0.29) is 5.69 Å². The molecule has 0 saturated carbocycles. The molecule has 0 unspecified atom stereocenters. The summed E-state index contributed by atoms with van der Waals surface area (Å²) in [6, 6.07) is 9.14. The van der Waals surface area contributed by atoms with E-state index in [2.05, 4.69) is 10.3 Å². The molecular weight excluding hydrogens is 278 g/mol. The van der Waals surface area contributed by atoms with Gasteiger partial charge in [-0.1, -0.05) is 23.7 Å². The van der Waals surface area contributed by atoms with E-state index in [4.69, 9.17) is 11.6 Å². The number of nitrogens with one attached hydrogen (secondary N) is 1. The lowest BCUT2D eigenvalue weighted by Gasteiger charge is -2.07. The Morgan fingerprint density at radius 3 is 2.65 bits per heavy atom. The Balaban J connectivity index is 2.02. The summed E-state index contributed by atoms with van der Waals surface area (Å²) in [5, 5.41) is 14.7. The van der Waals surface area contributed by atoms with Gasteiger partial charge in [0.15, 0.2) is 0 Å². The molecular formula is C14H14ClN3O2. The summed E-state index contributed by atoms with van der Waals surface area (Å²) in [5.41, 5.74) is 1.74. The first kappa shape index (κ1) is 14.3. The Labute approximate surface area is 121 Å². The Kier molecular flexibility index (Phi) is 4.53. The molecule has 0 bridgehead atoms. The molecule has 0 radical (unpaired) electrons. The van der Waals surface area contributed by atoms with Crippen LogP contribution in [0.4, 0.5) is 11.5 Å². The van der Waals surface area contributed by atoms with Crippen LogP contribution in [0.1, 0.15) is 11.1 Å². The number of nitrogens with zero attached hydrogens (tertiary/aromatic N) is 2. The summed E-state index contributed by atoms with van der Waals surface area (Å²) in [4.78, 5) is 14.6. The van der Waals surface area contributed by atoms with E-state index in [0.717, 1.165) is 12.0 Å². The van der Waals surface area contributed by atoms with Gasteiger partial charge in [0.25, 0.3) is 0 Å². The van der Waals surface area contributed by atoms with Crippen LogP contribution in [0.5, 0.6) is 0 Å². The minimum atomic E-state index is -0.410. The van der Waals surface area contributed by atoms with Gasteiger partial charge in [-0.2, -0.15) is 0 Å². The van der Waals surface area contributed by atoms with Crippen molar-refractivity contribution in [1.29, 1.82) is 0 Å². The number of benzene rings is 1. The first-order valence-electron chi connectivity index (χ1n) is 6.16. The smallest absolute Gasteiger partial charge is 0.314 e. The molecule has 0 spiro atoms. The molecule has 0 aliphatic rings. The van der Waals surface area contributed by atoms with Crippen LogP contribution in [0.25, 0.3) is 0 Å². The van der Waals surface area contributed by atoms with Crippen molar-refractivity contribution in [2.24, 2.45) is 0 Å². The van der Waals surface area contributed by atoms with Crippen LogP contribution in [0.2, 0.25) is 5.02 Å². The number of hydrogen-bond acceptors (Lipinski definition) is 4. The van der Waals surface area contributed by atoms with Gasteiger partial charge in [-0.25, -0.2) is 4.98 Å². The molecule has 1 aromatic carbocycles. The topological polar surface area (TPSA) is 68.1 Å². The fourth-order valence-corrected chi connectivity index (χ4v) is 2.01. The summed E-state index contributed by atoms with van der Waals surface area (Å²) in [5.74, 6) is 0.309. The summed E-state index contributed by atoms with van der Waals surface area (Å²) >= 11 is 5.81. The molecule has 1 N–H and O–H groups in total. The fourth-order valence-electron chi connectivity index (χ4n) is 1.89. The molecule has 1 aromatic heterocycles. The lowest BCUT2D eigenvalue weighted by atomic mass is 10.1. The molecule has 0 fully saturated rings. The van der Waals surface area contributed by atoms with Gasteiger partial charge in [0.1, 0.15) is 0 Å². The van der Waals surface area contributed by atoms with E-state index in [1.165, 1.54) is 0 Å². The van der Waals surface area contributed by atoms with Crippen LogP contribution < -0.4 is 5.32 Å². The number of anilines is 1. The van der Waals surface area contributed by atoms with Crippen LogP contribution in [0.3, 0.4) is 0 Å². The normalized spacial score (nSPS) is 10.3. The van der Waals surface area contributed by atoms with E-state index in [9.17, 15) is 10.1 Å². The molecule has 0 saturated heterocycles. The third-order valence-corrected chi connectivity index (χ3v) is 3.18. The van der Waals surface area contributed by atoms with Crippen molar-refractivity contribution in [2.45, 2.75) is 13.3 Å². The van der Waals surface area contributed by atoms with Crippen LogP contribution >= 0.6 is 11.6 Å². The zero-order chi connectivity index (χ0) is 14.5. The molecule has 20 heavy (non-hydrogen) atoms. The van der Waals surface area contributed by atoms with Gasteiger partial charge in [-0.05, 0) is 37.1 Å². The third-order valence-electron chi connectivity index (χ3n) is 2.93. The molecule has 0 atom stereocenters. The van der Waals surface area contributed by atoms with Crippen molar-refractivity contribution in [3.8, 4) is 0 Å². The fraction of sp³-hybridized carbons (Fsp3) is 0.214. The molecule has 1 heterocycles. The second-order valence-electron chi connectivity index (χ2n) is 4.39. The van der Waals surface area contributed by atoms with E-state index in [1.54, 1.807) is 19.2 Å². The predicted molar refractivity (Wildman–Crippen MR) is 79.3 cm³/mol. The summed E-state index contributed by atoms with van der Waals surface area (Å²) in [6.07, 6.45) is 2.30. The number of nitro groups is 1. The highest BCUT2D eigenvalue weighted by Crippen LogP contribution is 2.25. The second kappa shape index (κ2) is 6.34. The van der Waals surface area contributed by atoms with Crippen LogP contribution in [-0.4, -0.2) is 16.5 Å². The molecule has 6 heteroatoms. The van der Waals surface area contributed by atoms with Gasteiger partial charge < -0.3 is 5.32 Å². The number of hydrogen-bond donors (Lipinski definition) is 1. The second-order valence-corrected chi connectivity index (χ2v) is 4.82. The number of pyridine rings is 1. The van der Waals surface area contributed by atoms with E-state index in [0.29, 0.717) is 22.9 Å². The highest BCUT2D eigenvalue weighted by molar-refractivity contribution is 6.30. The Hall–Kier alpha value is -2.14. The van der Waals surface area contributed by atoms with E-state index in [1.807, 2.05) is 24.3 Å². The summed E-state index contributed by atoms with van der Waals surface area (Å²) < 4.78 is 0. The standard InChI is InChI=1S/C14H14ClN3O2/c1-10-6-8-16-14(13(10)18(19)20)17-9-7-11-2-4-12(15)5-3-11/h2-6,8H,7,9H2,1H3,(H,16,17). The van der Waals surface area contributed by atoms with Crippen molar-refractivity contribution >= 4 is 23.1 Å². The van der Waals surface area contributed by atoms with Crippen LogP contribution in [0.15, 0.2) is 36.5 Å². The molecule has 2 aromatic rings. The molecule has 0 aliphatic carbocycles. The molecule has 5 nitrogen and oxygen atoms in total. The first-order valence-corrected chi connectivity index (χ1v) is 6.54. The number of halogens is 1. The van der Waals surface area contributed by atoms with Gasteiger partial charge >= 0.3 is 5.69 Å². The van der Waals surface area contributed by atoms with Gasteiger partial charge in [0.2, 0.25) is 5.82 Å². The summed E-state index contributed by atoms with van der Waals surface area (Å²) in [6.45, 7) is 2.27. The summed E-state index contributed by atoms with van der Waals surface area (Å²) in [7, 11) is 0. The highest BCUT2D eigenvalue weighted by Gasteiger charge is 2.17. The zero-order valence-electron chi connectivity index (χ0n) is 11.0. The molecule has 104 valence electrons. The van der Waals surface area contributed by atoms with Crippen molar-refractivity contribution < 1.29 is 4.92 Å². The minimum absolute atomic E-state index is 0.0311. The van der Waals surface area contributed by atoms with Gasteiger partial charge in [-0.3, -0.25) is 10.1 Å². The van der Waals surface area contributed by atoms with Crippen molar-refractivity contribution in [1.82, 2.24) is 4.98 Å². The molecule has 2 rings (SSSR count). The Morgan fingerprint density at radius 1 is 1.30 bits per heavy atom. The predicted octanol–water partition coefficient (Wildman–Crippen LogP) is 3.61. The highest BCUT2D eigenvalue weighted by atomic mass is 35.5. The number of aromatic nitrogens is 1. The van der Waals surface area contributed by atoms with E-state index >= 15 is 0 Å². The maximum Gasteiger partial charge on any atom is 0.314 e. The Morgan fingerprint density at radius 2 is 2.00 bits per heavy atom. The van der Waals surface area contributed by atoms with Gasteiger partial charge in [0.05, 0.1) is 4.92 Å². The maximum absolute atomic E-state index is 11.0. The van der Waals surface area contributed by atoms with Gasteiger partial charge in [-0.15, -0.1) is 0 Å². The van der Waals surface area contributed by atoms with Crippen molar-refractivity contribution in [2.75, 3.05) is 11.9 Å². The zero-order valence-corrected chi connectivity index (χ0v) is 11.7. The lowest BCUT2D eigenvalue weighted by Crippen LogP contribution is -2.09. The lowest BCUT2D eigenvalue weighted by molar-refractivity contribution is -0.384. The maximum atomic E-state index is 11.0. The molecule has 0 aliphatic heterocycles. The largest absolute Gasteiger partial charge is 0.364 e. The number of aryl methyl sites for hydroxylation is 1. The van der Waals surface area contributed by atoms with Crippen LogP contribution in [-0.2, 0) is 6.42 Å². The third kappa shape index (κ3) is 3.45. The minimum Gasteiger partial charge on any atom is -0.364 e. The number of rotatable bonds is 5. The van der Waals surface area contributed by atoms with Gasteiger partial charge in [0, 0.05) is 23.3 Å².